The van der Waals surface area contributed by atoms with Gasteiger partial charge in [0, 0.05) is 12.1 Å². The molecule has 2 heterocycles. The number of nitrogens with zero attached hydrogens (tertiary/aromatic N) is 4. The average Bonchev–Trinajstić information content (AvgIpc) is 2.89. The maximum atomic E-state index is 4.49. The van der Waals surface area contributed by atoms with Gasteiger partial charge >= 0.3 is 0 Å². The van der Waals surface area contributed by atoms with Crippen molar-refractivity contribution in [3.8, 4) is 5.82 Å². The standard InChI is InChI=1S/C16H19N5/c1-16(2,3)20-9-12-8-18-15(10-17-12)21-11-19-13-6-4-5-7-14(13)21/h4-8,10-11,20H,9H2,1-3H3. The Morgan fingerprint density at radius 3 is 2.57 bits per heavy atom. The first kappa shape index (κ1) is 13.7. The van der Waals surface area contributed by atoms with E-state index in [1.807, 2.05) is 35.0 Å². The second-order valence-corrected chi connectivity index (χ2v) is 6.07. The first-order chi connectivity index (χ1) is 10.0. The summed E-state index contributed by atoms with van der Waals surface area (Å²) in [4.78, 5) is 13.3. The number of aromatic nitrogens is 4. The molecule has 0 saturated carbocycles. The molecule has 0 aliphatic rings. The number of fused-ring (bicyclic) bond motifs is 1. The molecule has 0 spiro atoms. The summed E-state index contributed by atoms with van der Waals surface area (Å²) in [6.45, 7) is 7.10. The van der Waals surface area contributed by atoms with Crippen LogP contribution in [0.15, 0.2) is 43.0 Å². The highest BCUT2D eigenvalue weighted by Crippen LogP contribution is 2.15. The molecule has 2 aromatic heterocycles. The van der Waals surface area contributed by atoms with Crippen molar-refractivity contribution in [3.63, 3.8) is 0 Å². The Balaban J connectivity index is 1.84. The second-order valence-electron chi connectivity index (χ2n) is 6.07. The van der Waals surface area contributed by atoms with Crippen LogP contribution in [-0.2, 0) is 6.54 Å². The maximum absolute atomic E-state index is 4.49. The highest BCUT2D eigenvalue weighted by atomic mass is 15.1. The molecule has 5 nitrogen and oxygen atoms in total. The van der Waals surface area contributed by atoms with Gasteiger partial charge in [-0.05, 0) is 32.9 Å². The maximum Gasteiger partial charge on any atom is 0.156 e. The molecule has 0 aliphatic carbocycles. The molecule has 0 radical (unpaired) electrons. The Kier molecular flexibility index (Phi) is 3.43. The lowest BCUT2D eigenvalue weighted by Gasteiger charge is -2.20. The number of benzene rings is 1. The molecule has 0 saturated heterocycles. The normalized spacial score (nSPS) is 12.0. The van der Waals surface area contributed by atoms with Crippen molar-refractivity contribution in [2.24, 2.45) is 0 Å². The van der Waals surface area contributed by atoms with E-state index in [1.54, 1.807) is 12.5 Å². The number of hydrogen-bond donors (Lipinski definition) is 1. The lowest BCUT2D eigenvalue weighted by molar-refractivity contribution is 0.421. The van der Waals surface area contributed by atoms with Gasteiger partial charge in [0.1, 0.15) is 6.33 Å². The smallest absolute Gasteiger partial charge is 0.156 e. The van der Waals surface area contributed by atoms with Crippen LogP contribution in [0, 0.1) is 0 Å². The quantitative estimate of drug-likeness (QED) is 0.802. The van der Waals surface area contributed by atoms with Crippen molar-refractivity contribution in [2.75, 3.05) is 0 Å². The average molecular weight is 281 g/mol. The number of para-hydroxylation sites is 2. The van der Waals surface area contributed by atoms with Gasteiger partial charge in [-0.25, -0.2) is 9.97 Å². The molecular weight excluding hydrogens is 262 g/mol. The van der Waals surface area contributed by atoms with Crippen molar-refractivity contribution in [1.82, 2.24) is 24.8 Å². The Hall–Kier alpha value is -2.27. The summed E-state index contributed by atoms with van der Waals surface area (Å²) in [6, 6.07) is 7.99. The summed E-state index contributed by atoms with van der Waals surface area (Å²) in [6.07, 6.45) is 5.37. The molecular formula is C16H19N5. The summed E-state index contributed by atoms with van der Waals surface area (Å²) < 4.78 is 1.95. The summed E-state index contributed by atoms with van der Waals surface area (Å²) in [7, 11) is 0. The van der Waals surface area contributed by atoms with Crippen LogP contribution in [0.3, 0.4) is 0 Å². The SMILES string of the molecule is CC(C)(C)NCc1cnc(-n2cnc3ccccc32)cn1. The van der Waals surface area contributed by atoms with Crippen molar-refractivity contribution in [1.29, 1.82) is 0 Å². The Labute approximate surface area is 124 Å². The lowest BCUT2D eigenvalue weighted by atomic mass is 10.1. The minimum atomic E-state index is 0.0703. The lowest BCUT2D eigenvalue weighted by Crippen LogP contribution is -2.35. The van der Waals surface area contributed by atoms with E-state index in [1.165, 1.54) is 0 Å². The zero-order valence-electron chi connectivity index (χ0n) is 12.5. The summed E-state index contributed by atoms with van der Waals surface area (Å²) >= 11 is 0. The fourth-order valence-corrected chi connectivity index (χ4v) is 2.06. The molecule has 3 aromatic rings. The van der Waals surface area contributed by atoms with Gasteiger partial charge in [0.15, 0.2) is 5.82 Å². The minimum absolute atomic E-state index is 0.0703. The molecule has 0 atom stereocenters. The van der Waals surface area contributed by atoms with Gasteiger partial charge in [0.2, 0.25) is 0 Å². The zero-order valence-corrected chi connectivity index (χ0v) is 12.5. The molecule has 3 rings (SSSR count). The van der Waals surface area contributed by atoms with Crippen molar-refractivity contribution < 1.29 is 0 Å². The third-order valence-electron chi connectivity index (χ3n) is 3.19. The van der Waals surface area contributed by atoms with E-state index in [-0.39, 0.29) is 5.54 Å². The number of imidazole rings is 1. The van der Waals surface area contributed by atoms with Crippen LogP contribution in [0.5, 0.6) is 0 Å². The minimum Gasteiger partial charge on any atom is -0.306 e. The van der Waals surface area contributed by atoms with E-state index in [2.05, 4.69) is 41.0 Å². The third-order valence-corrected chi connectivity index (χ3v) is 3.19. The summed E-state index contributed by atoms with van der Waals surface area (Å²) in [5, 5.41) is 3.40. The molecule has 108 valence electrons. The predicted molar refractivity (Wildman–Crippen MR) is 83.3 cm³/mol. The van der Waals surface area contributed by atoms with Crippen molar-refractivity contribution in [3.05, 3.63) is 48.7 Å². The predicted octanol–water partition coefficient (Wildman–Crippen LogP) is 2.70. The summed E-state index contributed by atoms with van der Waals surface area (Å²) in [5.41, 5.74) is 2.99. The van der Waals surface area contributed by atoms with Gasteiger partial charge in [-0.3, -0.25) is 9.55 Å². The van der Waals surface area contributed by atoms with E-state index in [4.69, 9.17) is 0 Å². The van der Waals surface area contributed by atoms with Gasteiger partial charge in [0.05, 0.1) is 29.1 Å². The second kappa shape index (κ2) is 5.26. The van der Waals surface area contributed by atoms with Crippen LogP contribution >= 0.6 is 0 Å². The van der Waals surface area contributed by atoms with Gasteiger partial charge in [-0.1, -0.05) is 12.1 Å². The van der Waals surface area contributed by atoms with Crippen LogP contribution in [0.25, 0.3) is 16.9 Å². The first-order valence-electron chi connectivity index (χ1n) is 7.01. The molecule has 0 amide bonds. The van der Waals surface area contributed by atoms with Crippen LogP contribution in [0.4, 0.5) is 0 Å². The Morgan fingerprint density at radius 2 is 1.86 bits per heavy atom. The van der Waals surface area contributed by atoms with E-state index in [0.29, 0.717) is 6.54 Å². The molecule has 0 bridgehead atoms. The Bertz CT molecular complexity index is 737. The summed E-state index contributed by atoms with van der Waals surface area (Å²) in [5.74, 6) is 0.781. The first-order valence-corrected chi connectivity index (χ1v) is 7.01. The fourth-order valence-electron chi connectivity index (χ4n) is 2.06. The topological polar surface area (TPSA) is 55.6 Å². The Morgan fingerprint density at radius 1 is 1.05 bits per heavy atom. The number of rotatable bonds is 3. The zero-order chi connectivity index (χ0) is 14.9. The van der Waals surface area contributed by atoms with Crippen molar-refractivity contribution in [2.45, 2.75) is 32.9 Å². The third kappa shape index (κ3) is 3.08. The van der Waals surface area contributed by atoms with Gasteiger partial charge in [-0.2, -0.15) is 0 Å². The fraction of sp³-hybridized carbons (Fsp3) is 0.312. The highest BCUT2D eigenvalue weighted by molar-refractivity contribution is 5.76. The molecule has 1 aromatic carbocycles. The highest BCUT2D eigenvalue weighted by Gasteiger charge is 2.10. The van der Waals surface area contributed by atoms with E-state index >= 15 is 0 Å². The molecule has 5 heteroatoms. The van der Waals surface area contributed by atoms with Gasteiger partial charge in [-0.15, -0.1) is 0 Å². The van der Waals surface area contributed by atoms with Gasteiger partial charge < -0.3 is 5.32 Å². The van der Waals surface area contributed by atoms with Crippen molar-refractivity contribution >= 4 is 11.0 Å². The van der Waals surface area contributed by atoms with Crippen LogP contribution in [0.2, 0.25) is 0 Å². The van der Waals surface area contributed by atoms with E-state index in [0.717, 1.165) is 22.5 Å². The molecule has 0 unspecified atom stereocenters. The van der Waals surface area contributed by atoms with Crippen LogP contribution in [0.1, 0.15) is 26.5 Å². The monoisotopic (exact) mass is 281 g/mol. The van der Waals surface area contributed by atoms with E-state index < -0.39 is 0 Å². The largest absolute Gasteiger partial charge is 0.306 e. The molecule has 1 N–H and O–H groups in total. The van der Waals surface area contributed by atoms with Gasteiger partial charge in [0.25, 0.3) is 0 Å². The number of hydrogen-bond acceptors (Lipinski definition) is 4. The van der Waals surface area contributed by atoms with Crippen LogP contribution in [-0.4, -0.2) is 25.1 Å². The number of nitrogens with one attached hydrogen (secondary N) is 1. The van der Waals surface area contributed by atoms with Crippen LogP contribution < -0.4 is 5.32 Å². The molecule has 0 fully saturated rings. The molecule has 21 heavy (non-hydrogen) atoms. The molecule has 0 aliphatic heterocycles. The van der Waals surface area contributed by atoms with E-state index in [9.17, 15) is 0 Å².